The highest BCUT2D eigenvalue weighted by atomic mass is 32.2. The Morgan fingerprint density at radius 2 is 2.38 bits per heavy atom. The lowest BCUT2D eigenvalue weighted by atomic mass is 10.3. The number of nitrogens with zero attached hydrogens (tertiary/aromatic N) is 3. The van der Waals surface area contributed by atoms with Crippen LogP contribution in [-0.2, 0) is 16.1 Å². The summed E-state index contributed by atoms with van der Waals surface area (Å²) in [7, 11) is 1.94. The van der Waals surface area contributed by atoms with Gasteiger partial charge in [-0.2, -0.15) is 0 Å². The van der Waals surface area contributed by atoms with Crippen LogP contribution in [-0.4, -0.2) is 36.3 Å². The molecular formula is C10H15N3O2S. The van der Waals surface area contributed by atoms with E-state index in [1.807, 2.05) is 25.1 Å². The van der Waals surface area contributed by atoms with Crippen LogP contribution in [0.2, 0.25) is 0 Å². The molecule has 5 nitrogen and oxygen atoms in total. The summed E-state index contributed by atoms with van der Waals surface area (Å²) < 4.78 is 4.73. The topological polar surface area (TPSA) is 55.3 Å². The molecule has 1 aromatic heterocycles. The van der Waals surface area contributed by atoms with Gasteiger partial charge in [-0.3, -0.25) is 4.79 Å². The molecule has 16 heavy (non-hydrogen) atoms. The van der Waals surface area contributed by atoms with Crippen LogP contribution in [0.25, 0.3) is 0 Å². The lowest BCUT2D eigenvalue weighted by molar-refractivity contribution is -0.129. The molecule has 1 rings (SSSR count). The molecule has 0 bridgehead atoms. The van der Waals surface area contributed by atoms with E-state index in [0.29, 0.717) is 11.6 Å². The average Bonchev–Trinajstić information content (AvgIpc) is 2.35. The minimum absolute atomic E-state index is 0.206. The zero-order chi connectivity index (χ0) is 12.0. The van der Waals surface area contributed by atoms with E-state index in [2.05, 4.69) is 9.97 Å². The van der Waals surface area contributed by atoms with Crippen LogP contribution in [0.3, 0.4) is 0 Å². The Labute approximate surface area is 99.2 Å². The maximum Gasteiger partial charge on any atom is 0.293 e. The van der Waals surface area contributed by atoms with Gasteiger partial charge in [0.1, 0.15) is 12.4 Å². The van der Waals surface area contributed by atoms with E-state index >= 15 is 0 Å². The number of hydrogen-bond acceptors (Lipinski definition) is 6. The summed E-state index contributed by atoms with van der Waals surface area (Å²) in [6.07, 6.45) is 3.62. The van der Waals surface area contributed by atoms with Gasteiger partial charge in [0.2, 0.25) is 0 Å². The fraction of sp³-hybridized carbons (Fsp3) is 0.500. The van der Waals surface area contributed by atoms with Gasteiger partial charge in [-0.25, -0.2) is 9.97 Å². The van der Waals surface area contributed by atoms with Gasteiger partial charge in [-0.1, -0.05) is 11.8 Å². The predicted octanol–water partition coefficient (Wildman–Crippen LogP) is 1.33. The number of aromatic nitrogens is 2. The predicted molar refractivity (Wildman–Crippen MR) is 63.6 cm³/mol. The first-order valence-electron chi connectivity index (χ1n) is 4.89. The highest BCUT2D eigenvalue weighted by Crippen LogP contribution is 2.19. The van der Waals surface area contributed by atoms with E-state index in [1.54, 1.807) is 6.20 Å². The van der Waals surface area contributed by atoms with Crippen LogP contribution in [0.4, 0.5) is 5.82 Å². The second-order valence-corrected chi connectivity index (χ2v) is 3.90. The molecule has 0 saturated carbocycles. The van der Waals surface area contributed by atoms with Crippen molar-refractivity contribution in [3.63, 3.8) is 0 Å². The summed E-state index contributed by atoms with van der Waals surface area (Å²) in [5, 5.41) is 0.713. The standard InChI is InChI=1S/C10H15N3O2S/c1-4-13(2)9-8(6-15-7-14)5-11-10(12-9)16-3/h5,7H,4,6H2,1-3H3. The van der Waals surface area contributed by atoms with Crippen molar-refractivity contribution in [2.75, 3.05) is 24.7 Å². The Morgan fingerprint density at radius 1 is 1.62 bits per heavy atom. The number of thioether (sulfide) groups is 1. The van der Waals surface area contributed by atoms with Gasteiger partial charge < -0.3 is 9.64 Å². The third-order valence-corrected chi connectivity index (χ3v) is 2.71. The molecule has 0 amide bonds. The van der Waals surface area contributed by atoms with Gasteiger partial charge in [0.15, 0.2) is 5.16 Å². The molecule has 0 aliphatic carbocycles. The largest absolute Gasteiger partial charge is 0.463 e. The monoisotopic (exact) mass is 241 g/mol. The Kier molecular flexibility index (Phi) is 5.04. The maximum atomic E-state index is 10.2. The van der Waals surface area contributed by atoms with Crippen molar-refractivity contribution in [1.29, 1.82) is 0 Å². The zero-order valence-electron chi connectivity index (χ0n) is 9.64. The number of ether oxygens (including phenoxy) is 1. The first kappa shape index (κ1) is 12.8. The summed E-state index contributed by atoms with van der Waals surface area (Å²) in [4.78, 5) is 20.7. The molecular weight excluding hydrogens is 226 g/mol. The van der Waals surface area contributed by atoms with Gasteiger partial charge in [0.25, 0.3) is 6.47 Å². The van der Waals surface area contributed by atoms with Crippen molar-refractivity contribution >= 4 is 24.1 Å². The van der Waals surface area contributed by atoms with Crippen LogP contribution < -0.4 is 4.90 Å². The zero-order valence-corrected chi connectivity index (χ0v) is 10.5. The molecule has 0 aliphatic rings. The summed E-state index contributed by atoms with van der Waals surface area (Å²) in [5.41, 5.74) is 0.814. The van der Waals surface area contributed by atoms with Crippen molar-refractivity contribution in [3.8, 4) is 0 Å². The molecule has 0 atom stereocenters. The summed E-state index contributed by atoms with van der Waals surface area (Å²) in [5.74, 6) is 0.809. The summed E-state index contributed by atoms with van der Waals surface area (Å²) in [6.45, 7) is 3.50. The van der Waals surface area contributed by atoms with E-state index in [1.165, 1.54) is 11.8 Å². The summed E-state index contributed by atoms with van der Waals surface area (Å²) in [6, 6.07) is 0. The molecule has 88 valence electrons. The Bertz CT molecular complexity index is 360. The Balaban J connectivity index is 3.00. The highest BCUT2D eigenvalue weighted by Gasteiger charge is 2.10. The smallest absolute Gasteiger partial charge is 0.293 e. The minimum atomic E-state index is 0.206. The molecule has 0 saturated heterocycles. The Hall–Kier alpha value is -1.30. The molecule has 1 heterocycles. The molecule has 0 aromatic carbocycles. The number of carbonyl (C=O) groups excluding carboxylic acids is 1. The van der Waals surface area contributed by atoms with Gasteiger partial charge in [0, 0.05) is 19.8 Å². The number of carbonyl (C=O) groups is 1. The van der Waals surface area contributed by atoms with Crippen molar-refractivity contribution in [2.24, 2.45) is 0 Å². The van der Waals surface area contributed by atoms with Crippen molar-refractivity contribution < 1.29 is 9.53 Å². The van der Waals surface area contributed by atoms with E-state index in [4.69, 9.17) is 4.74 Å². The highest BCUT2D eigenvalue weighted by molar-refractivity contribution is 7.98. The average molecular weight is 241 g/mol. The summed E-state index contributed by atoms with van der Waals surface area (Å²) >= 11 is 1.48. The second-order valence-electron chi connectivity index (χ2n) is 3.13. The van der Waals surface area contributed by atoms with Crippen LogP contribution in [0.1, 0.15) is 12.5 Å². The quantitative estimate of drug-likeness (QED) is 0.425. The number of rotatable bonds is 6. The van der Waals surface area contributed by atoms with Crippen molar-refractivity contribution in [1.82, 2.24) is 9.97 Å². The van der Waals surface area contributed by atoms with E-state index in [9.17, 15) is 4.79 Å². The molecule has 0 N–H and O–H groups in total. The Morgan fingerprint density at radius 3 is 2.94 bits per heavy atom. The lowest BCUT2D eigenvalue weighted by Gasteiger charge is -2.19. The fourth-order valence-corrected chi connectivity index (χ4v) is 1.52. The number of anilines is 1. The third kappa shape index (κ3) is 3.10. The first-order chi connectivity index (χ1) is 7.72. The minimum Gasteiger partial charge on any atom is -0.463 e. The fourth-order valence-electron chi connectivity index (χ4n) is 1.19. The SMILES string of the molecule is CCN(C)c1nc(SC)ncc1COC=O. The van der Waals surface area contributed by atoms with Gasteiger partial charge in [-0.15, -0.1) is 0 Å². The molecule has 0 radical (unpaired) electrons. The van der Waals surface area contributed by atoms with Crippen molar-refractivity contribution in [3.05, 3.63) is 11.8 Å². The first-order valence-corrected chi connectivity index (χ1v) is 6.11. The molecule has 0 unspecified atom stereocenters. The van der Waals surface area contributed by atoms with Crippen LogP contribution in [0.5, 0.6) is 0 Å². The van der Waals surface area contributed by atoms with Crippen molar-refractivity contribution in [2.45, 2.75) is 18.7 Å². The molecule has 0 aliphatic heterocycles. The van der Waals surface area contributed by atoms with E-state index in [0.717, 1.165) is 17.9 Å². The normalized spacial score (nSPS) is 9.94. The van der Waals surface area contributed by atoms with Gasteiger partial charge in [0.05, 0.1) is 5.56 Å². The van der Waals surface area contributed by atoms with E-state index < -0.39 is 0 Å². The van der Waals surface area contributed by atoms with Crippen LogP contribution >= 0.6 is 11.8 Å². The second kappa shape index (κ2) is 6.32. The number of hydrogen-bond donors (Lipinski definition) is 0. The molecule has 0 spiro atoms. The lowest BCUT2D eigenvalue weighted by Crippen LogP contribution is -2.20. The maximum absolute atomic E-state index is 10.2. The van der Waals surface area contributed by atoms with Crippen LogP contribution in [0.15, 0.2) is 11.4 Å². The molecule has 0 fully saturated rings. The molecule has 1 aromatic rings. The van der Waals surface area contributed by atoms with E-state index in [-0.39, 0.29) is 6.61 Å². The molecule has 6 heteroatoms. The van der Waals surface area contributed by atoms with Gasteiger partial charge in [-0.05, 0) is 13.2 Å². The van der Waals surface area contributed by atoms with Gasteiger partial charge >= 0.3 is 0 Å². The third-order valence-electron chi connectivity index (χ3n) is 2.14. The van der Waals surface area contributed by atoms with Crippen LogP contribution in [0, 0.1) is 0 Å².